The summed E-state index contributed by atoms with van der Waals surface area (Å²) < 4.78 is 11.1. The molecule has 7 heteroatoms. The first-order valence-electron chi connectivity index (χ1n) is 9.60. The van der Waals surface area contributed by atoms with Crippen LogP contribution >= 0.6 is 0 Å². The normalized spacial score (nSPS) is 20.1. The van der Waals surface area contributed by atoms with Crippen molar-refractivity contribution >= 4 is 17.5 Å². The van der Waals surface area contributed by atoms with Gasteiger partial charge in [0.15, 0.2) is 11.5 Å². The second-order valence-electron chi connectivity index (χ2n) is 7.62. The Bertz CT molecular complexity index is 706. The fraction of sp³-hybridized carbons (Fsp3) is 0.600. The van der Waals surface area contributed by atoms with Crippen LogP contribution in [0.4, 0.5) is 5.69 Å². The summed E-state index contributed by atoms with van der Waals surface area (Å²) >= 11 is 0. The lowest BCUT2D eigenvalue weighted by Crippen LogP contribution is -2.40. The Kier molecular flexibility index (Phi) is 5.89. The number of hydrogen-bond acceptors (Lipinski definition) is 5. The average molecular weight is 375 g/mol. The fourth-order valence-corrected chi connectivity index (χ4v) is 3.42. The maximum Gasteiger partial charge on any atom is 0.239 e. The van der Waals surface area contributed by atoms with Crippen molar-refractivity contribution in [3.05, 3.63) is 18.2 Å². The zero-order valence-electron chi connectivity index (χ0n) is 16.3. The first-order chi connectivity index (χ1) is 12.9. The predicted octanol–water partition coefficient (Wildman–Crippen LogP) is 1.64. The van der Waals surface area contributed by atoms with E-state index in [2.05, 4.69) is 13.8 Å². The molecule has 1 saturated heterocycles. The van der Waals surface area contributed by atoms with Gasteiger partial charge in [-0.15, -0.1) is 0 Å². The standard InChI is InChI=1S/C20H29N3O4/c1-13(2)16(21)7-8-22(3)19(24)15-6-9-23(20(15)25)14-4-5-17-18(12-14)27-11-10-26-17/h4-5,12-13,15-16H,6-11,21H2,1-3H3. The van der Waals surface area contributed by atoms with Gasteiger partial charge in [-0.05, 0) is 30.9 Å². The number of hydrogen-bond donors (Lipinski definition) is 1. The third-order valence-electron chi connectivity index (χ3n) is 5.37. The molecule has 2 amide bonds. The highest BCUT2D eigenvalue weighted by molar-refractivity contribution is 6.09. The number of nitrogens with two attached hydrogens (primary N) is 1. The first kappa shape index (κ1) is 19.5. The van der Waals surface area contributed by atoms with Crippen LogP contribution in [0.15, 0.2) is 18.2 Å². The van der Waals surface area contributed by atoms with Crippen molar-refractivity contribution in [2.75, 3.05) is 38.3 Å². The van der Waals surface area contributed by atoms with Gasteiger partial charge < -0.3 is 25.0 Å². The Balaban J connectivity index is 1.63. The highest BCUT2D eigenvalue weighted by Crippen LogP contribution is 2.36. The number of nitrogens with zero attached hydrogens (tertiary/aromatic N) is 2. The monoisotopic (exact) mass is 375 g/mol. The molecule has 148 valence electrons. The molecule has 0 spiro atoms. The van der Waals surface area contributed by atoms with Gasteiger partial charge in [-0.3, -0.25) is 9.59 Å². The zero-order chi connectivity index (χ0) is 19.6. The van der Waals surface area contributed by atoms with E-state index in [0.29, 0.717) is 50.1 Å². The van der Waals surface area contributed by atoms with Crippen molar-refractivity contribution in [1.82, 2.24) is 4.90 Å². The van der Waals surface area contributed by atoms with E-state index in [4.69, 9.17) is 15.2 Å². The SMILES string of the molecule is CC(C)C(N)CCN(C)C(=O)C1CCN(c2ccc3c(c2)OCCO3)C1=O. The van der Waals surface area contributed by atoms with E-state index in [-0.39, 0.29) is 17.9 Å². The number of anilines is 1. The summed E-state index contributed by atoms with van der Waals surface area (Å²) in [6, 6.07) is 5.51. The van der Waals surface area contributed by atoms with Crippen molar-refractivity contribution in [1.29, 1.82) is 0 Å². The van der Waals surface area contributed by atoms with Gasteiger partial charge in [0.2, 0.25) is 11.8 Å². The molecule has 2 aliphatic heterocycles. The molecule has 2 heterocycles. The lowest BCUT2D eigenvalue weighted by Gasteiger charge is -2.24. The molecule has 0 aliphatic carbocycles. The number of amides is 2. The van der Waals surface area contributed by atoms with Crippen LogP contribution in [-0.4, -0.2) is 56.1 Å². The van der Waals surface area contributed by atoms with Crippen LogP contribution in [0, 0.1) is 11.8 Å². The van der Waals surface area contributed by atoms with E-state index in [1.54, 1.807) is 16.8 Å². The van der Waals surface area contributed by atoms with Crippen molar-refractivity contribution in [2.45, 2.75) is 32.7 Å². The number of fused-ring (bicyclic) bond motifs is 1. The average Bonchev–Trinajstić information content (AvgIpc) is 3.05. The van der Waals surface area contributed by atoms with Gasteiger partial charge in [0.25, 0.3) is 0 Å². The Hall–Kier alpha value is -2.28. The number of benzene rings is 1. The second-order valence-corrected chi connectivity index (χ2v) is 7.62. The van der Waals surface area contributed by atoms with Crippen LogP contribution in [0.5, 0.6) is 11.5 Å². The molecule has 2 N–H and O–H groups in total. The Morgan fingerprint density at radius 1 is 1.30 bits per heavy atom. The summed E-state index contributed by atoms with van der Waals surface area (Å²) in [6.45, 7) is 6.24. The van der Waals surface area contributed by atoms with E-state index in [0.717, 1.165) is 12.1 Å². The molecule has 2 aliphatic rings. The molecule has 27 heavy (non-hydrogen) atoms. The van der Waals surface area contributed by atoms with E-state index in [1.165, 1.54) is 0 Å². The van der Waals surface area contributed by atoms with Crippen LogP contribution in [0.3, 0.4) is 0 Å². The smallest absolute Gasteiger partial charge is 0.239 e. The summed E-state index contributed by atoms with van der Waals surface area (Å²) in [5.41, 5.74) is 6.80. The number of carbonyl (C=O) groups excluding carboxylic acids is 2. The molecule has 7 nitrogen and oxygen atoms in total. The molecule has 2 unspecified atom stereocenters. The summed E-state index contributed by atoms with van der Waals surface area (Å²) in [7, 11) is 1.75. The van der Waals surface area contributed by atoms with Gasteiger partial charge >= 0.3 is 0 Å². The van der Waals surface area contributed by atoms with Crippen molar-refractivity contribution in [2.24, 2.45) is 17.6 Å². The van der Waals surface area contributed by atoms with Crippen LogP contribution in [0.25, 0.3) is 0 Å². The first-order valence-corrected chi connectivity index (χ1v) is 9.60. The number of ether oxygens (including phenoxy) is 2. The van der Waals surface area contributed by atoms with Gasteiger partial charge in [0.05, 0.1) is 0 Å². The minimum atomic E-state index is -0.626. The predicted molar refractivity (Wildman–Crippen MR) is 103 cm³/mol. The third-order valence-corrected chi connectivity index (χ3v) is 5.37. The largest absolute Gasteiger partial charge is 0.486 e. The van der Waals surface area contributed by atoms with Gasteiger partial charge in [0, 0.05) is 37.9 Å². The van der Waals surface area contributed by atoms with Crippen molar-refractivity contribution < 1.29 is 19.1 Å². The molecule has 0 radical (unpaired) electrons. The molecule has 3 rings (SSSR count). The Morgan fingerprint density at radius 3 is 2.70 bits per heavy atom. The molecule has 1 aromatic carbocycles. The molecule has 1 fully saturated rings. The minimum Gasteiger partial charge on any atom is -0.486 e. The van der Waals surface area contributed by atoms with E-state index in [9.17, 15) is 9.59 Å². The summed E-state index contributed by atoms with van der Waals surface area (Å²) in [6.07, 6.45) is 1.25. The molecule has 1 aromatic rings. The maximum absolute atomic E-state index is 12.8. The lowest BCUT2D eigenvalue weighted by molar-refractivity contribution is -0.138. The maximum atomic E-state index is 12.8. The molecule has 0 bridgehead atoms. The summed E-state index contributed by atoms with van der Waals surface area (Å²) in [5.74, 6) is 0.782. The summed E-state index contributed by atoms with van der Waals surface area (Å²) in [4.78, 5) is 28.9. The van der Waals surface area contributed by atoms with E-state index < -0.39 is 5.92 Å². The summed E-state index contributed by atoms with van der Waals surface area (Å²) in [5, 5.41) is 0. The highest BCUT2D eigenvalue weighted by atomic mass is 16.6. The highest BCUT2D eigenvalue weighted by Gasteiger charge is 2.39. The van der Waals surface area contributed by atoms with Crippen LogP contribution in [0.1, 0.15) is 26.7 Å². The Labute approximate surface area is 160 Å². The number of carbonyl (C=O) groups is 2. The van der Waals surface area contributed by atoms with Gasteiger partial charge in [-0.1, -0.05) is 13.8 Å². The number of rotatable bonds is 6. The van der Waals surface area contributed by atoms with Crippen LogP contribution in [0.2, 0.25) is 0 Å². The molecular weight excluding hydrogens is 346 g/mol. The molecule has 0 saturated carbocycles. The second kappa shape index (κ2) is 8.17. The van der Waals surface area contributed by atoms with Crippen LogP contribution in [-0.2, 0) is 9.59 Å². The fourth-order valence-electron chi connectivity index (χ4n) is 3.42. The van der Waals surface area contributed by atoms with E-state index in [1.807, 2.05) is 18.2 Å². The van der Waals surface area contributed by atoms with Crippen molar-refractivity contribution in [3.63, 3.8) is 0 Å². The minimum absolute atomic E-state index is 0.0498. The van der Waals surface area contributed by atoms with E-state index >= 15 is 0 Å². The topological polar surface area (TPSA) is 85.1 Å². The quantitative estimate of drug-likeness (QED) is 0.764. The molecule has 2 atom stereocenters. The Morgan fingerprint density at radius 2 is 2.00 bits per heavy atom. The van der Waals surface area contributed by atoms with Gasteiger partial charge in [-0.25, -0.2) is 0 Å². The molecule has 0 aromatic heterocycles. The van der Waals surface area contributed by atoms with Gasteiger partial charge in [-0.2, -0.15) is 0 Å². The van der Waals surface area contributed by atoms with Crippen LogP contribution < -0.4 is 20.1 Å². The van der Waals surface area contributed by atoms with Crippen molar-refractivity contribution in [3.8, 4) is 11.5 Å². The zero-order valence-corrected chi connectivity index (χ0v) is 16.3. The van der Waals surface area contributed by atoms with Gasteiger partial charge in [0.1, 0.15) is 19.1 Å². The third kappa shape index (κ3) is 4.18. The lowest BCUT2D eigenvalue weighted by atomic mass is 10.0. The molecular formula is C20H29N3O4.